The lowest BCUT2D eigenvalue weighted by Crippen LogP contribution is -2.49. The van der Waals surface area contributed by atoms with Gasteiger partial charge in [-0.05, 0) is 55.8 Å². The highest BCUT2D eigenvalue weighted by molar-refractivity contribution is 6.03. The third-order valence-electron chi connectivity index (χ3n) is 4.76. The number of benzene rings is 2. The predicted octanol–water partition coefficient (Wildman–Crippen LogP) is 3.07. The molecule has 2 amide bonds. The van der Waals surface area contributed by atoms with Crippen LogP contribution >= 0.6 is 0 Å². The van der Waals surface area contributed by atoms with Gasteiger partial charge in [0, 0.05) is 37.6 Å². The summed E-state index contributed by atoms with van der Waals surface area (Å²) in [6.07, 6.45) is -0.141. The molecule has 1 fully saturated rings. The molecule has 0 unspecified atom stereocenters. The summed E-state index contributed by atoms with van der Waals surface area (Å²) in [7, 11) is 0. The Bertz CT molecular complexity index is 812. The Hall–Kier alpha value is -3.02. The first-order valence-corrected chi connectivity index (χ1v) is 9.67. The maximum Gasteiger partial charge on any atom is 0.233 e. The highest BCUT2D eigenvalue weighted by Gasteiger charge is 2.23. The molecule has 6 nitrogen and oxygen atoms in total. The molecule has 28 heavy (non-hydrogen) atoms. The van der Waals surface area contributed by atoms with Gasteiger partial charge in [0.2, 0.25) is 11.8 Å². The zero-order valence-electron chi connectivity index (χ0n) is 16.5. The van der Waals surface area contributed by atoms with E-state index in [-0.39, 0.29) is 18.2 Å². The first-order chi connectivity index (χ1) is 13.5. The van der Waals surface area contributed by atoms with Crippen molar-refractivity contribution in [1.82, 2.24) is 4.90 Å². The van der Waals surface area contributed by atoms with Crippen LogP contribution in [0.1, 0.15) is 18.9 Å². The number of hydrogen-bond acceptors (Lipinski definition) is 4. The second-order valence-corrected chi connectivity index (χ2v) is 6.89. The molecule has 0 spiro atoms. The fourth-order valence-corrected chi connectivity index (χ4v) is 3.29. The average molecular weight is 381 g/mol. The molecule has 2 aromatic carbocycles. The number of amides is 2. The number of anilines is 2. The monoisotopic (exact) mass is 381 g/mol. The standard InChI is InChI=1S/C22H27N3O3/c1-3-28-20-9-7-18(8-10-20)23-21(26)16-22(27)25-13-11-24(12-14-25)19-6-4-5-17(2)15-19/h4-10,15H,3,11-14,16H2,1-2H3,(H,23,26). The molecule has 6 heteroatoms. The van der Waals surface area contributed by atoms with Gasteiger partial charge in [0.25, 0.3) is 0 Å². The number of carbonyl (C=O) groups is 2. The SMILES string of the molecule is CCOc1ccc(NC(=O)CC(=O)N2CCN(c3cccc(C)c3)CC2)cc1. The fourth-order valence-electron chi connectivity index (χ4n) is 3.29. The van der Waals surface area contributed by atoms with Gasteiger partial charge in [-0.2, -0.15) is 0 Å². The molecule has 0 bridgehead atoms. The van der Waals surface area contributed by atoms with Gasteiger partial charge in [0.05, 0.1) is 6.61 Å². The lowest BCUT2D eigenvalue weighted by Gasteiger charge is -2.36. The van der Waals surface area contributed by atoms with Gasteiger partial charge in [-0.3, -0.25) is 9.59 Å². The maximum atomic E-state index is 12.5. The summed E-state index contributed by atoms with van der Waals surface area (Å²) in [6, 6.07) is 15.5. The summed E-state index contributed by atoms with van der Waals surface area (Å²) in [5.41, 5.74) is 3.06. The van der Waals surface area contributed by atoms with E-state index in [1.54, 1.807) is 29.2 Å². The van der Waals surface area contributed by atoms with E-state index < -0.39 is 0 Å². The number of aryl methyl sites for hydroxylation is 1. The topological polar surface area (TPSA) is 61.9 Å². The molecule has 1 heterocycles. The van der Waals surface area contributed by atoms with Gasteiger partial charge in [-0.25, -0.2) is 0 Å². The number of piperazine rings is 1. The van der Waals surface area contributed by atoms with E-state index in [0.29, 0.717) is 25.4 Å². The Morgan fingerprint density at radius 1 is 1.04 bits per heavy atom. The Balaban J connectivity index is 1.46. The molecule has 1 N–H and O–H groups in total. The Morgan fingerprint density at radius 3 is 2.39 bits per heavy atom. The summed E-state index contributed by atoms with van der Waals surface area (Å²) >= 11 is 0. The number of nitrogens with zero attached hydrogens (tertiary/aromatic N) is 2. The van der Waals surface area contributed by atoms with Gasteiger partial charge >= 0.3 is 0 Å². The second-order valence-electron chi connectivity index (χ2n) is 6.89. The molecule has 0 aliphatic carbocycles. The molecule has 0 aromatic heterocycles. The molecule has 0 saturated carbocycles. The minimum Gasteiger partial charge on any atom is -0.494 e. The number of carbonyl (C=O) groups excluding carboxylic acids is 2. The van der Waals surface area contributed by atoms with E-state index in [1.165, 1.54) is 11.3 Å². The van der Waals surface area contributed by atoms with Gasteiger partial charge in [0.1, 0.15) is 12.2 Å². The molecule has 1 aliphatic heterocycles. The normalized spacial score (nSPS) is 13.9. The van der Waals surface area contributed by atoms with Crippen LogP contribution in [-0.2, 0) is 9.59 Å². The Labute approximate surface area is 166 Å². The van der Waals surface area contributed by atoms with Crippen molar-refractivity contribution in [2.75, 3.05) is 43.0 Å². The summed E-state index contributed by atoms with van der Waals surface area (Å²) < 4.78 is 5.38. The number of nitrogens with one attached hydrogen (secondary N) is 1. The van der Waals surface area contributed by atoms with Crippen molar-refractivity contribution in [3.05, 3.63) is 54.1 Å². The van der Waals surface area contributed by atoms with Crippen LogP contribution in [0.15, 0.2) is 48.5 Å². The molecule has 0 atom stereocenters. The molecular formula is C22H27N3O3. The summed E-state index contributed by atoms with van der Waals surface area (Å²) in [5.74, 6) is 0.325. The highest BCUT2D eigenvalue weighted by Crippen LogP contribution is 2.19. The first kappa shape index (κ1) is 19.7. The van der Waals surface area contributed by atoms with Crippen molar-refractivity contribution in [1.29, 1.82) is 0 Å². The molecule has 1 aliphatic rings. The van der Waals surface area contributed by atoms with Crippen LogP contribution in [0.25, 0.3) is 0 Å². The number of rotatable bonds is 6. The van der Waals surface area contributed by atoms with E-state index in [0.717, 1.165) is 18.8 Å². The van der Waals surface area contributed by atoms with Crippen molar-refractivity contribution in [3.8, 4) is 5.75 Å². The van der Waals surface area contributed by atoms with Crippen LogP contribution in [0.3, 0.4) is 0 Å². The third kappa shape index (κ3) is 5.25. The van der Waals surface area contributed by atoms with Crippen molar-refractivity contribution < 1.29 is 14.3 Å². The minimum absolute atomic E-state index is 0.132. The zero-order valence-corrected chi connectivity index (χ0v) is 16.5. The van der Waals surface area contributed by atoms with Gasteiger partial charge in [-0.15, -0.1) is 0 Å². The van der Waals surface area contributed by atoms with Gasteiger partial charge in [-0.1, -0.05) is 12.1 Å². The highest BCUT2D eigenvalue weighted by atomic mass is 16.5. The Morgan fingerprint density at radius 2 is 1.75 bits per heavy atom. The molecule has 2 aromatic rings. The first-order valence-electron chi connectivity index (χ1n) is 9.67. The van der Waals surface area contributed by atoms with Crippen molar-refractivity contribution in [2.45, 2.75) is 20.3 Å². The van der Waals surface area contributed by atoms with Crippen LogP contribution in [0.2, 0.25) is 0 Å². The van der Waals surface area contributed by atoms with Crippen LogP contribution < -0.4 is 15.0 Å². The van der Waals surface area contributed by atoms with E-state index in [2.05, 4.69) is 35.3 Å². The zero-order chi connectivity index (χ0) is 19.9. The summed E-state index contributed by atoms with van der Waals surface area (Å²) in [4.78, 5) is 28.7. The van der Waals surface area contributed by atoms with Crippen LogP contribution in [0.5, 0.6) is 5.75 Å². The smallest absolute Gasteiger partial charge is 0.233 e. The minimum atomic E-state index is -0.296. The van der Waals surface area contributed by atoms with Crippen molar-refractivity contribution in [2.24, 2.45) is 0 Å². The van der Waals surface area contributed by atoms with Crippen LogP contribution in [0, 0.1) is 6.92 Å². The summed E-state index contributed by atoms with van der Waals surface area (Å²) in [6.45, 7) is 7.39. The fraction of sp³-hybridized carbons (Fsp3) is 0.364. The second kappa shape index (κ2) is 9.26. The van der Waals surface area contributed by atoms with Crippen molar-refractivity contribution >= 4 is 23.2 Å². The largest absolute Gasteiger partial charge is 0.494 e. The quantitative estimate of drug-likeness (QED) is 0.781. The molecule has 3 rings (SSSR count). The van der Waals surface area contributed by atoms with Crippen molar-refractivity contribution in [3.63, 3.8) is 0 Å². The lowest BCUT2D eigenvalue weighted by molar-refractivity contribution is -0.134. The maximum absolute atomic E-state index is 12.5. The van der Waals surface area contributed by atoms with Gasteiger partial charge < -0.3 is 19.9 Å². The van der Waals surface area contributed by atoms with E-state index >= 15 is 0 Å². The van der Waals surface area contributed by atoms with E-state index in [9.17, 15) is 9.59 Å². The Kier molecular flexibility index (Phi) is 6.53. The van der Waals surface area contributed by atoms with E-state index in [1.807, 2.05) is 13.0 Å². The number of ether oxygens (including phenoxy) is 1. The van der Waals surface area contributed by atoms with Gasteiger partial charge in [0.15, 0.2) is 0 Å². The van der Waals surface area contributed by atoms with Crippen LogP contribution in [0.4, 0.5) is 11.4 Å². The molecule has 0 radical (unpaired) electrons. The molecule has 148 valence electrons. The predicted molar refractivity (Wildman–Crippen MR) is 111 cm³/mol. The number of hydrogen-bond donors (Lipinski definition) is 1. The lowest BCUT2D eigenvalue weighted by atomic mass is 10.2. The summed E-state index contributed by atoms with van der Waals surface area (Å²) in [5, 5.41) is 2.77. The molecule has 1 saturated heterocycles. The third-order valence-corrected chi connectivity index (χ3v) is 4.76. The van der Waals surface area contributed by atoms with Crippen LogP contribution in [-0.4, -0.2) is 49.5 Å². The van der Waals surface area contributed by atoms with E-state index in [4.69, 9.17) is 4.74 Å². The average Bonchev–Trinajstić information content (AvgIpc) is 2.70. The molecular weight excluding hydrogens is 354 g/mol.